The summed E-state index contributed by atoms with van der Waals surface area (Å²) >= 11 is 0. The Morgan fingerprint density at radius 1 is 1.18 bits per heavy atom. The molecule has 2 heterocycles. The van der Waals surface area contributed by atoms with Gasteiger partial charge in [-0.3, -0.25) is 18.9 Å². The molecule has 20 heteroatoms. The summed E-state index contributed by atoms with van der Waals surface area (Å²) in [4.78, 5) is 55.0. The molecule has 3 rings (SSSR count). The van der Waals surface area contributed by atoms with Crippen LogP contribution in [0, 0.1) is 12.8 Å². The third-order valence-electron chi connectivity index (χ3n) is 7.23. The minimum atomic E-state index is -4.83. The van der Waals surface area contributed by atoms with Crippen molar-refractivity contribution < 1.29 is 47.9 Å². The van der Waals surface area contributed by atoms with Gasteiger partial charge < -0.3 is 47.1 Å². The van der Waals surface area contributed by atoms with E-state index in [0.29, 0.717) is 6.42 Å². The first kappa shape index (κ1) is 39.5. The lowest BCUT2D eigenvalue weighted by Crippen LogP contribution is -2.49. The van der Waals surface area contributed by atoms with Crippen LogP contribution in [0.15, 0.2) is 46.3 Å². The summed E-state index contributed by atoms with van der Waals surface area (Å²) in [6.07, 6.45) is -3.86. The number of amides is 1. The molecule has 11 N–H and O–H groups in total. The number of ether oxygens (including phenoxy) is 2. The van der Waals surface area contributed by atoms with E-state index in [-0.39, 0.29) is 37.7 Å². The Balaban J connectivity index is 1.39. The molecule has 1 aliphatic heterocycles. The number of nitrogens with zero attached hydrogens (tertiary/aromatic N) is 3. The Kier molecular flexibility index (Phi) is 14.6. The zero-order valence-corrected chi connectivity index (χ0v) is 28.3. The number of nitrogens with two attached hydrogens (primary N) is 3. The van der Waals surface area contributed by atoms with Gasteiger partial charge in [-0.05, 0) is 43.7 Å². The van der Waals surface area contributed by atoms with Gasteiger partial charge in [-0.1, -0.05) is 43.7 Å². The number of carbonyl (C=O) groups excluding carboxylic acids is 2. The summed E-state index contributed by atoms with van der Waals surface area (Å²) in [6.45, 7) is 5.17. The van der Waals surface area contributed by atoms with Crippen molar-refractivity contribution in [3.63, 3.8) is 0 Å². The lowest BCUT2D eigenvalue weighted by molar-refractivity contribution is -0.149. The highest BCUT2D eigenvalue weighted by Gasteiger charge is 2.45. The molecule has 0 radical (unpaired) electrons. The van der Waals surface area contributed by atoms with Crippen molar-refractivity contribution in [2.45, 2.75) is 83.3 Å². The first-order chi connectivity index (χ1) is 23.1. The Labute approximate surface area is 282 Å². The number of phosphoric ester groups is 1. The van der Waals surface area contributed by atoms with Crippen LogP contribution in [-0.4, -0.2) is 86.0 Å². The van der Waals surface area contributed by atoms with E-state index >= 15 is 0 Å². The van der Waals surface area contributed by atoms with Gasteiger partial charge in [0.05, 0.1) is 12.6 Å². The van der Waals surface area contributed by atoms with Crippen LogP contribution in [0.4, 0.5) is 5.82 Å². The summed E-state index contributed by atoms with van der Waals surface area (Å²) in [5.41, 5.74) is 20.2. The van der Waals surface area contributed by atoms with E-state index in [2.05, 4.69) is 19.9 Å². The smallest absolute Gasteiger partial charge is 0.459 e. The molecule has 0 saturated carbocycles. The second-order valence-corrected chi connectivity index (χ2v) is 13.2. The number of hydrogen-bond donors (Lipinski definition) is 8. The van der Waals surface area contributed by atoms with E-state index < -0.39 is 74.6 Å². The number of guanidine groups is 1. The fourth-order valence-electron chi connectivity index (χ4n) is 4.59. The van der Waals surface area contributed by atoms with E-state index in [1.54, 1.807) is 0 Å². The predicted octanol–water partition coefficient (Wildman–Crippen LogP) is -0.912. The van der Waals surface area contributed by atoms with Crippen LogP contribution < -0.4 is 33.7 Å². The predicted molar refractivity (Wildman–Crippen MR) is 175 cm³/mol. The molecule has 2 aromatic rings. The number of aliphatic hydroxyl groups is 2. The second kappa shape index (κ2) is 18.2. The SMILES string of the molecule is Cc1ccc(COC(=O)C(CC(C)C)NC(=O)C(N)CCCN=C(N)NOP(=O)(O)OC[C@H]2O[C@@H](n3ccc(N)nc3=O)[C@H](O)[C@@H]2O)cc1. The van der Waals surface area contributed by atoms with Gasteiger partial charge in [0, 0.05) is 12.7 Å². The largest absolute Gasteiger partial charge is 0.493 e. The molecular weight excluding hydrogens is 667 g/mol. The third kappa shape index (κ3) is 12.5. The van der Waals surface area contributed by atoms with Crippen LogP contribution in [-0.2, 0) is 39.4 Å². The monoisotopic (exact) mass is 712 g/mol. The number of benzene rings is 1. The number of aliphatic hydroxyl groups excluding tert-OH is 2. The van der Waals surface area contributed by atoms with Gasteiger partial charge in [0.15, 0.2) is 6.23 Å². The van der Waals surface area contributed by atoms with Gasteiger partial charge >= 0.3 is 19.5 Å². The Morgan fingerprint density at radius 3 is 2.53 bits per heavy atom. The number of nitrogen functional groups attached to an aromatic ring is 1. The van der Waals surface area contributed by atoms with Crippen LogP contribution in [0.2, 0.25) is 0 Å². The number of rotatable bonds is 17. The maximum atomic E-state index is 12.7. The highest BCUT2D eigenvalue weighted by Crippen LogP contribution is 2.43. The molecule has 1 amide bonds. The molecule has 1 aliphatic rings. The van der Waals surface area contributed by atoms with Crippen molar-refractivity contribution >= 4 is 31.5 Å². The van der Waals surface area contributed by atoms with Crippen LogP contribution >= 0.6 is 7.82 Å². The van der Waals surface area contributed by atoms with Crippen molar-refractivity contribution in [1.82, 2.24) is 20.3 Å². The van der Waals surface area contributed by atoms with Crippen molar-refractivity contribution in [1.29, 1.82) is 0 Å². The minimum absolute atomic E-state index is 0.0501. The molecular formula is C29H45N8O11P. The highest BCUT2D eigenvalue weighted by molar-refractivity contribution is 7.47. The third-order valence-corrected chi connectivity index (χ3v) is 8.03. The molecule has 0 bridgehead atoms. The van der Waals surface area contributed by atoms with E-state index in [1.165, 1.54) is 12.3 Å². The van der Waals surface area contributed by atoms with Gasteiger partial charge in [-0.2, -0.15) is 9.61 Å². The van der Waals surface area contributed by atoms with Crippen molar-refractivity contribution in [3.8, 4) is 0 Å². The summed E-state index contributed by atoms with van der Waals surface area (Å²) in [6, 6.07) is 6.97. The standard InChI is InChI=1S/C29H45N8O11P/c1-16(2)13-20(27(41)45-14-18-8-6-17(3)7-9-18)34-25(40)19(30)5-4-11-33-28(32)36-48-49(43,44)46-15-21-23(38)24(39)26(47-21)37-12-10-22(31)35-29(37)42/h6-10,12,16,19-21,23-24,26,38-39H,4-5,11,13-15,30H2,1-3H3,(H,34,40)(H,43,44)(H2,31,35,42)(H3,32,33,36)/t19?,20?,21-,23-,24-,26-/m1/s1. The number of aromatic nitrogens is 2. The van der Waals surface area contributed by atoms with Crippen LogP contribution in [0.1, 0.15) is 50.5 Å². The molecule has 1 fully saturated rings. The number of aliphatic imine (C=N–C) groups is 1. The molecule has 49 heavy (non-hydrogen) atoms. The molecule has 3 unspecified atom stereocenters. The molecule has 0 aliphatic carbocycles. The van der Waals surface area contributed by atoms with Crippen LogP contribution in [0.25, 0.3) is 0 Å². The quantitative estimate of drug-likeness (QED) is 0.0246. The number of nitrogens with one attached hydrogen (secondary N) is 2. The number of aryl methyl sites for hydroxylation is 1. The van der Waals surface area contributed by atoms with Gasteiger partial charge in [-0.25, -0.2) is 19.6 Å². The van der Waals surface area contributed by atoms with E-state index in [1.807, 2.05) is 50.5 Å². The molecule has 1 aromatic heterocycles. The Bertz CT molecular complexity index is 1540. The number of hydrogen-bond acceptors (Lipinski definition) is 14. The Hall–Kier alpha value is -3.94. The second-order valence-electron chi connectivity index (χ2n) is 11.8. The topological polar surface area (TPSA) is 298 Å². The number of esters is 1. The lowest BCUT2D eigenvalue weighted by Gasteiger charge is -2.21. The highest BCUT2D eigenvalue weighted by atomic mass is 31.2. The van der Waals surface area contributed by atoms with Gasteiger partial charge in [0.25, 0.3) is 0 Å². The summed E-state index contributed by atoms with van der Waals surface area (Å²) in [7, 11) is -4.83. The molecule has 7 atom stereocenters. The molecule has 0 spiro atoms. The van der Waals surface area contributed by atoms with Gasteiger partial charge in [0.2, 0.25) is 11.9 Å². The fraction of sp³-hybridized carbons (Fsp3) is 0.552. The number of carbonyl (C=O) groups is 2. The maximum absolute atomic E-state index is 12.7. The zero-order valence-electron chi connectivity index (χ0n) is 27.4. The van der Waals surface area contributed by atoms with E-state index in [4.69, 9.17) is 31.2 Å². The van der Waals surface area contributed by atoms with Crippen LogP contribution in [0.3, 0.4) is 0 Å². The normalized spacial score (nSPS) is 21.9. The average molecular weight is 713 g/mol. The Morgan fingerprint density at radius 2 is 1.88 bits per heavy atom. The molecule has 19 nitrogen and oxygen atoms in total. The first-order valence-electron chi connectivity index (χ1n) is 15.4. The summed E-state index contributed by atoms with van der Waals surface area (Å²) in [5, 5.41) is 23.2. The first-order valence-corrected chi connectivity index (χ1v) is 16.9. The fourth-order valence-corrected chi connectivity index (χ4v) is 5.19. The molecule has 272 valence electrons. The van der Waals surface area contributed by atoms with Gasteiger partial charge in [0.1, 0.15) is 36.8 Å². The van der Waals surface area contributed by atoms with Gasteiger partial charge in [-0.15, -0.1) is 0 Å². The maximum Gasteiger partial charge on any atom is 0.493 e. The minimum Gasteiger partial charge on any atom is -0.459 e. The summed E-state index contributed by atoms with van der Waals surface area (Å²) in [5.74, 6) is -1.47. The zero-order chi connectivity index (χ0) is 36.3. The lowest BCUT2D eigenvalue weighted by atomic mass is 10.0. The van der Waals surface area contributed by atoms with Crippen molar-refractivity contribution in [3.05, 3.63) is 58.1 Å². The number of anilines is 1. The average Bonchev–Trinajstić information content (AvgIpc) is 3.32. The molecule has 1 aromatic carbocycles. The van der Waals surface area contributed by atoms with E-state index in [9.17, 15) is 34.1 Å². The van der Waals surface area contributed by atoms with Crippen molar-refractivity contribution in [2.24, 2.45) is 22.4 Å². The number of hydroxylamine groups is 1. The summed E-state index contributed by atoms with van der Waals surface area (Å²) < 4.78 is 33.5. The molecule has 1 saturated heterocycles. The number of phosphoric acid groups is 1. The van der Waals surface area contributed by atoms with Crippen LogP contribution in [0.5, 0.6) is 0 Å². The van der Waals surface area contributed by atoms with Crippen molar-refractivity contribution in [2.75, 3.05) is 18.9 Å². The van der Waals surface area contributed by atoms with E-state index in [0.717, 1.165) is 15.7 Å².